The molecular formula is C18H25NOS. The standard InChI is InChI=1S/C18H25NOS/c1-6-19-16(18-10-13(3)14(4)21-18)11-15-9-12(2)7-8-17(15)20-5/h7-10,16,19H,6,11H2,1-5H3. The number of thiophene rings is 1. The van der Waals surface area contributed by atoms with Gasteiger partial charge in [0, 0.05) is 15.8 Å². The van der Waals surface area contributed by atoms with Crippen LogP contribution in [0.3, 0.4) is 0 Å². The molecule has 0 saturated carbocycles. The Hall–Kier alpha value is -1.32. The molecule has 1 unspecified atom stereocenters. The van der Waals surface area contributed by atoms with Gasteiger partial charge in [0.2, 0.25) is 0 Å². The van der Waals surface area contributed by atoms with Crippen LogP contribution in [-0.2, 0) is 6.42 Å². The highest BCUT2D eigenvalue weighted by Crippen LogP contribution is 2.31. The summed E-state index contributed by atoms with van der Waals surface area (Å²) in [4.78, 5) is 2.82. The Kier molecular flexibility index (Phi) is 5.43. The van der Waals surface area contributed by atoms with Gasteiger partial charge in [0.1, 0.15) is 5.75 Å². The second-order valence-corrected chi connectivity index (χ2v) is 6.81. The molecule has 0 amide bonds. The molecule has 21 heavy (non-hydrogen) atoms. The Bertz CT molecular complexity index is 584. The molecule has 0 saturated heterocycles. The summed E-state index contributed by atoms with van der Waals surface area (Å²) in [5, 5.41) is 3.61. The fraction of sp³-hybridized carbons (Fsp3) is 0.444. The summed E-state index contributed by atoms with van der Waals surface area (Å²) in [6.45, 7) is 9.64. The third-order valence-electron chi connectivity index (χ3n) is 3.84. The van der Waals surface area contributed by atoms with Crippen LogP contribution in [0.1, 0.15) is 39.4 Å². The first-order chi connectivity index (χ1) is 10.0. The van der Waals surface area contributed by atoms with Gasteiger partial charge in [0.25, 0.3) is 0 Å². The molecular weight excluding hydrogens is 278 g/mol. The number of methoxy groups -OCH3 is 1. The zero-order valence-electron chi connectivity index (χ0n) is 13.6. The van der Waals surface area contributed by atoms with E-state index in [-0.39, 0.29) is 0 Å². The topological polar surface area (TPSA) is 21.3 Å². The average molecular weight is 303 g/mol. The van der Waals surface area contributed by atoms with E-state index in [2.05, 4.69) is 57.3 Å². The number of likely N-dealkylation sites (N-methyl/N-ethyl adjacent to an activating group) is 1. The van der Waals surface area contributed by atoms with Crippen LogP contribution >= 0.6 is 11.3 Å². The molecule has 1 aromatic heterocycles. The van der Waals surface area contributed by atoms with Gasteiger partial charge in [-0.1, -0.05) is 24.6 Å². The van der Waals surface area contributed by atoms with Gasteiger partial charge in [-0.15, -0.1) is 11.3 Å². The predicted molar refractivity (Wildman–Crippen MR) is 91.6 cm³/mol. The van der Waals surface area contributed by atoms with Gasteiger partial charge < -0.3 is 10.1 Å². The lowest BCUT2D eigenvalue weighted by Gasteiger charge is -2.18. The van der Waals surface area contributed by atoms with Gasteiger partial charge in [-0.2, -0.15) is 0 Å². The van der Waals surface area contributed by atoms with Crippen molar-refractivity contribution in [3.63, 3.8) is 0 Å². The minimum absolute atomic E-state index is 0.350. The molecule has 1 aromatic carbocycles. The average Bonchev–Trinajstić information content (AvgIpc) is 2.78. The third kappa shape index (κ3) is 3.86. The molecule has 0 aliphatic rings. The van der Waals surface area contributed by atoms with Crippen LogP contribution < -0.4 is 10.1 Å². The summed E-state index contributed by atoms with van der Waals surface area (Å²) < 4.78 is 5.52. The molecule has 0 bridgehead atoms. The number of ether oxygens (including phenoxy) is 1. The summed E-state index contributed by atoms with van der Waals surface area (Å²) in [6, 6.07) is 9.07. The van der Waals surface area contributed by atoms with Gasteiger partial charge in [0.05, 0.1) is 7.11 Å². The van der Waals surface area contributed by atoms with E-state index in [9.17, 15) is 0 Å². The van der Waals surface area contributed by atoms with Crippen molar-refractivity contribution in [1.82, 2.24) is 5.32 Å². The highest BCUT2D eigenvalue weighted by atomic mass is 32.1. The first-order valence-corrected chi connectivity index (χ1v) is 8.30. The quantitative estimate of drug-likeness (QED) is 0.843. The maximum atomic E-state index is 5.52. The molecule has 1 N–H and O–H groups in total. The molecule has 2 rings (SSSR count). The van der Waals surface area contributed by atoms with Gasteiger partial charge >= 0.3 is 0 Å². The van der Waals surface area contributed by atoms with Crippen LogP contribution in [0.2, 0.25) is 0 Å². The Labute approximate surface area is 132 Å². The number of hydrogen-bond donors (Lipinski definition) is 1. The first-order valence-electron chi connectivity index (χ1n) is 7.49. The minimum atomic E-state index is 0.350. The summed E-state index contributed by atoms with van der Waals surface area (Å²) in [5.41, 5.74) is 3.93. The van der Waals surface area contributed by atoms with Gasteiger partial charge in [-0.25, -0.2) is 0 Å². The SMILES string of the molecule is CCNC(Cc1cc(C)ccc1OC)c1cc(C)c(C)s1. The lowest BCUT2D eigenvalue weighted by molar-refractivity contribution is 0.406. The molecule has 114 valence electrons. The molecule has 0 spiro atoms. The van der Waals surface area contributed by atoms with E-state index in [1.165, 1.54) is 26.4 Å². The van der Waals surface area contributed by atoms with Gasteiger partial charge in [-0.05, 0) is 57.0 Å². The maximum absolute atomic E-state index is 5.52. The van der Waals surface area contributed by atoms with E-state index in [4.69, 9.17) is 4.74 Å². The number of benzene rings is 1. The lowest BCUT2D eigenvalue weighted by atomic mass is 10.0. The van der Waals surface area contributed by atoms with Gasteiger partial charge in [-0.3, -0.25) is 0 Å². The third-order valence-corrected chi connectivity index (χ3v) is 5.11. The molecule has 2 aromatic rings. The minimum Gasteiger partial charge on any atom is -0.496 e. The van der Waals surface area contributed by atoms with E-state index >= 15 is 0 Å². The second kappa shape index (κ2) is 7.10. The highest BCUT2D eigenvalue weighted by Gasteiger charge is 2.17. The van der Waals surface area contributed by atoms with Crippen molar-refractivity contribution < 1.29 is 4.74 Å². The molecule has 3 heteroatoms. The molecule has 0 aliphatic carbocycles. The monoisotopic (exact) mass is 303 g/mol. The molecule has 0 radical (unpaired) electrons. The van der Waals surface area contributed by atoms with Crippen LogP contribution in [0.4, 0.5) is 0 Å². The van der Waals surface area contributed by atoms with Crippen molar-refractivity contribution in [2.75, 3.05) is 13.7 Å². The molecule has 1 atom stereocenters. The first kappa shape index (κ1) is 16.1. The smallest absolute Gasteiger partial charge is 0.122 e. The van der Waals surface area contributed by atoms with Crippen LogP contribution in [0.5, 0.6) is 5.75 Å². The Morgan fingerprint density at radius 2 is 1.95 bits per heavy atom. The van der Waals surface area contributed by atoms with Gasteiger partial charge in [0.15, 0.2) is 0 Å². The van der Waals surface area contributed by atoms with Crippen molar-refractivity contribution in [3.8, 4) is 5.75 Å². The summed E-state index contributed by atoms with van der Waals surface area (Å²) >= 11 is 1.90. The van der Waals surface area contributed by atoms with Crippen molar-refractivity contribution in [2.45, 2.75) is 40.2 Å². The van der Waals surface area contributed by atoms with E-state index in [0.29, 0.717) is 6.04 Å². The Balaban J connectivity index is 2.29. The van der Waals surface area contributed by atoms with Crippen LogP contribution in [-0.4, -0.2) is 13.7 Å². The van der Waals surface area contributed by atoms with E-state index < -0.39 is 0 Å². The normalized spacial score (nSPS) is 12.4. The van der Waals surface area contributed by atoms with E-state index in [1.807, 2.05) is 11.3 Å². The second-order valence-electron chi connectivity index (χ2n) is 5.52. The van der Waals surface area contributed by atoms with E-state index in [1.54, 1.807) is 7.11 Å². The number of aryl methyl sites for hydroxylation is 3. The summed E-state index contributed by atoms with van der Waals surface area (Å²) in [6.07, 6.45) is 0.956. The maximum Gasteiger partial charge on any atom is 0.122 e. The molecule has 2 nitrogen and oxygen atoms in total. The predicted octanol–water partition coefficient (Wildman–Crippen LogP) is 4.58. The summed E-state index contributed by atoms with van der Waals surface area (Å²) in [5.74, 6) is 0.980. The Morgan fingerprint density at radius 1 is 1.19 bits per heavy atom. The van der Waals surface area contributed by atoms with Crippen LogP contribution in [0.25, 0.3) is 0 Å². The van der Waals surface area contributed by atoms with Crippen molar-refractivity contribution in [3.05, 3.63) is 50.7 Å². The number of nitrogens with one attached hydrogen (secondary N) is 1. The van der Waals surface area contributed by atoms with Crippen molar-refractivity contribution in [2.24, 2.45) is 0 Å². The molecule has 0 aliphatic heterocycles. The zero-order chi connectivity index (χ0) is 15.4. The molecule has 1 heterocycles. The zero-order valence-corrected chi connectivity index (χ0v) is 14.4. The fourth-order valence-corrected chi connectivity index (χ4v) is 3.70. The van der Waals surface area contributed by atoms with Crippen LogP contribution in [0.15, 0.2) is 24.3 Å². The largest absolute Gasteiger partial charge is 0.496 e. The lowest BCUT2D eigenvalue weighted by Crippen LogP contribution is -2.22. The number of rotatable bonds is 6. The Morgan fingerprint density at radius 3 is 2.52 bits per heavy atom. The number of hydrogen-bond acceptors (Lipinski definition) is 3. The summed E-state index contributed by atoms with van der Waals surface area (Å²) in [7, 11) is 1.75. The highest BCUT2D eigenvalue weighted by molar-refractivity contribution is 7.12. The van der Waals surface area contributed by atoms with E-state index in [0.717, 1.165) is 18.7 Å². The fourth-order valence-electron chi connectivity index (χ4n) is 2.58. The van der Waals surface area contributed by atoms with Crippen molar-refractivity contribution in [1.29, 1.82) is 0 Å². The van der Waals surface area contributed by atoms with Crippen molar-refractivity contribution >= 4 is 11.3 Å². The molecule has 0 fully saturated rings. The van der Waals surface area contributed by atoms with Crippen LogP contribution in [0, 0.1) is 20.8 Å².